The van der Waals surface area contributed by atoms with E-state index in [4.69, 9.17) is 0 Å². The molecule has 2 N–H and O–H groups in total. The monoisotopic (exact) mass is 308 g/mol. The number of amides is 3. The summed E-state index contributed by atoms with van der Waals surface area (Å²) in [5.74, 6) is -1.01. The number of carbonyl (C=O) groups excluding carboxylic acids is 2. The number of nitrogens with one attached hydrogen (secondary N) is 1. The van der Waals surface area contributed by atoms with Crippen LogP contribution in [0.15, 0.2) is 24.3 Å². The second-order valence-electron chi connectivity index (χ2n) is 5.86. The van der Waals surface area contributed by atoms with Crippen LogP contribution >= 0.6 is 0 Å². The lowest BCUT2D eigenvalue weighted by atomic mass is 9.84. The van der Waals surface area contributed by atoms with E-state index in [0.717, 1.165) is 4.90 Å². The first kappa shape index (κ1) is 16.4. The zero-order chi connectivity index (χ0) is 16.5. The summed E-state index contributed by atoms with van der Waals surface area (Å²) in [6, 6.07) is 5.23. The standard InChI is InChI=1S/C16H21FN2O3/c1-4-16(10(2)3)14(21)19(15(22)18-16)9-13(20)11-7-5-6-8-12(11)17/h5-8,10,13,20H,4,9H2,1-3H3,(H,18,22). The van der Waals surface area contributed by atoms with Crippen molar-refractivity contribution in [1.29, 1.82) is 0 Å². The second kappa shape index (κ2) is 6.04. The molecule has 0 aliphatic carbocycles. The molecule has 0 saturated carbocycles. The van der Waals surface area contributed by atoms with Crippen LogP contribution in [0.5, 0.6) is 0 Å². The molecule has 22 heavy (non-hydrogen) atoms. The molecule has 6 heteroatoms. The van der Waals surface area contributed by atoms with E-state index in [1.165, 1.54) is 18.2 Å². The quantitative estimate of drug-likeness (QED) is 0.819. The SMILES string of the molecule is CCC1(C(C)C)NC(=O)N(CC(O)c2ccccc2F)C1=O. The molecule has 2 rings (SSSR count). The smallest absolute Gasteiger partial charge is 0.325 e. The molecule has 1 aliphatic rings. The van der Waals surface area contributed by atoms with Gasteiger partial charge in [-0.2, -0.15) is 0 Å². The summed E-state index contributed by atoms with van der Waals surface area (Å²) in [7, 11) is 0. The van der Waals surface area contributed by atoms with E-state index >= 15 is 0 Å². The van der Waals surface area contributed by atoms with Crippen LogP contribution < -0.4 is 5.32 Å². The molecule has 1 saturated heterocycles. The first-order valence-corrected chi connectivity index (χ1v) is 7.40. The Balaban J connectivity index is 2.22. The van der Waals surface area contributed by atoms with Gasteiger partial charge in [0, 0.05) is 5.56 Å². The number of urea groups is 1. The van der Waals surface area contributed by atoms with Gasteiger partial charge in [-0.1, -0.05) is 39.0 Å². The Kier molecular flexibility index (Phi) is 4.51. The van der Waals surface area contributed by atoms with Crippen LogP contribution in [-0.4, -0.2) is 34.0 Å². The van der Waals surface area contributed by atoms with Crippen LogP contribution in [0, 0.1) is 11.7 Å². The average Bonchev–Trinajstić information content (AvgIpc) is 2.72. The van der Waals surface area contributed by atoms with Gasteiger partial charge in [-0.25, -0.2) is 9.18 Å². The van der Waals surface area contributed by atoms with Gasteiger partial charge in [0.2, 0.25) is 0 Å². The van der Waals surface area contributed by atoms with Gasteiger partial charge < -0.3 is 10.4 Å². The lowest BCUT2D eigenvalue weighted by Gasteiger charge is -2.29. The Morgan fingerprint density at radius 2 is 1.95 bits per heavy atom. The van der Waals surface area contributed by atoms with Crippen molar-refractivity contribution in [3.05, 3.63) is 35.6 Å². The van der Waals surface area contributed by atoms with Crippen molar-refractivity contribution in [2.24, 2.45) is 5.92 Å². The Labute approximate surface area is 129 Å². The summed E-state index contributed by atoms with van der Waals surface area (Å²) < 4.78 is 13.7. The van der Waals surface area contributed by atoms with Crippen molar-refractivity contribution in [2.45, 2.75) is 38.8 Å². The lowest BCUT2D eigenvalue weighted by Crippen LogP contribution is -2.51. The molecule has 0 aromatic heterocycles. The minimum Gasteiger partial charge on any atom is -0.386 e. The number of aliphatic hydroxyl groups excluding tert-OH is 1. The fourth-order valence-electron chi connectivity index (χ4n) is 2.87. The van der Waals surface area contributed by atoms with Crippen molar-refractivity contribution < 1.29 is 19.1 Å². The van der Waals surface area contributed by atoms with Crippen LogP contribution in [-0.2, 0) is 4.79 Å². The molecule has 2 atom stereocenters. The maximum Gasteiger partial charge on any atom is 0.325 e. The second-order valence-corrected chi connectivity index (χ2v) is 5.86. The number of hydrogen-bond acceptors (Lipinski definition) is 3. The molecule has 1 fully saturated rings. The molecule has 120 valence electrons. The van der Waals surface area contributed by atoms with Crippen LogP contribution in [0.4, 0.5) is 9.18 Å². The largest absolute Gasteiger partial charge is 0.386 e. The van der Waals surface area contributed by atoms with Gasteiger partial charge in [-0.05, 0) is 18.4 Å². The van der Waals surface area contributed by atoms with Crippen LogP contribution in [0.2, 0.25) is 0 Å². The minimum atomic E-state index is -1.25. The first-order valence-electron chi connectivity index (χ1n) is 7.40. The summed E-state index contributed by atoms with van der Waals surface area (Å²) in [6.07, 6.45) is -0.794. The summed E-state index contributed by atoms with van der Waals surface area (Å²) in [4.78, 5) is 25.7. The Morgan fingerprint density at radius 1 is 1.32 bits per heavy atom. The molecule has 1 aromatic carbocycles. The third kappa shape index (κ3) is 2.59. The molecule has 5 nitrogen and oxygen atoms in total. The van der Waals surface area contributed by atoms with E-state index in [9.17, 15) is 19.1 Å². The van der Waals surface area contributed by atoms with Crippen molar-refractivity contribution in [3.8, 4) is 0 Å². The number of β-amino-alcohol motifs (C(OH)–C–C–N with tert-alkyl or cyclic N) is 1. The predicted octanol–water partition coefficient (Wildman–Crippen LogP) is 2.22. The van der Waals surface area contributed by atoms with E-state index in [1.807, 2.05) is 20.8 Å². The molecule has 0 bridgehead atoms. The molecular weight excluding hydrogens is 287 g/mol. The van der Waals surface area contributed by atoms with Gasteiger partial charge in [0.25, 0.3) is 5.91 Å². The van der Waals surface area contributed by atoms with Crippen LogP contribution in [0.3, 0.4) is 0 Å². The van der Waals surface area contributed by atoms with E-state index in [2.05, 4.69) is 5.32 Å². The molecule has 1 aromatic rings. The van der Waals surface area contributed by atoms with Gasteiger partial charge in [-0.3, -0.25) is 9.69 Å². The van der Waals surface area contributed by atoms with Crippen molar-refractivity contribution in [2.75, 3.05) is 6.54 Å². The van der Waals surface area contributed by atoms with Gasteiger partial charge >= 0.3 is 6.03 Å². The van der Waals surface area contributed by atoms with Crippen molar-refractivity contribution in [3.63, 3.8) is 0 Å². The number of halogens is 1. The molecule has 1 aliphatic heterocycles. The Hall–Kier alpha value is -1.95. The van der Waals surface area contributed by atoms with Crippen LogP contribution in [0.25, 0.3) is 0 Å². The minimum absolute atomic E-state index is 0.0710. The Bertz CT molecular complexity index is 591. The molecule has 0 spiro atoms. The third-order valence-corrected chi connectivity index (χ3v) is 4.36. The molecular formula is C16H21FN2O3. The van der Waals surface area contributed by atoms with Crippen LogP contribution in [0.1, 0.15) is 38.9 Å². The van der Waals surface area contributed by atoms with Gasteiger partial charge in [0.1, 0.15) is 11.4 Å². The summed E-state index contributed by atoms with van der Waals surface area (Å²) in [5, 5.41) is 12.9. The molecule has 0 radical (unpaired) electrons. The highest BCUT2D eigenvalue weighted by molar-refractivity contribution is 6.07. The first-order chi connectivity index (χ1) is 10.3. The zero-order valence-corrected chi connectivity index (χ0v) is 13.0. The summed E-state index contributed by atoms with van der Waals surface area (Å²) >= 11 is 0. The van der Waals surface area contributed by atoms with E-state index in [-0.39, 0.29) is 23.9 Å². The van der Waals surface area contributed by atoms with Gasteiger partial charge in [0.05, 0.1) is 12.6 Å². The van der Waals surface area contributed by atoms with Gasteiger partial charge in [0.15, 0.2) is 0 Å². The lowest BCUT2D eigenvalue weighted by molar-refractivity contribution is -0.134. The normalized spacial score (nSPS) is 23.1. The number of rotatable bonds is 5. The number of hydrogen-bond donors (Lipinski definition) is 2. The van der Waals surface area contributed by atoms with Crippen molar-refractivity contribution in [1.82, 2.24) is 10.2 Å². The highest BCUT2D eigenvalue weighted by atomic mass is 19.1. The average molecular weight is 308 g/mol. The number of carbonyl (C=O) groups is 2. The fourth-order valence-corrected chi connectivity index (χ4v) is 2.87. The highest BCUT2D eigenvalue weighted by Gasteiger charge is 2.52. The maximum absolute atomic E-state index is 13.7. The van der Waals surface area contributed by atoms with E-state index in [1.54, 1.807) is 6.07 Å². The number of nitrogens with zero attached hydrogens (tertiary/aromatic N) is 1. The summed E-state index contributed by atoms with van der Waals surface area (Å²) in [5.41, 5.74) is -0.881. The summed E-state index contributed by atoms with van der Waals surface area (Å²) in [6.45, 7) is 5.28. The Morgan fingerprint density at radius 3 is 2.45 bits per heavy atom. The highest BCUT2D eigenvalue weighted by Crippen LogP contribution is 2.30. The van der Waals surface area contributed by atoms with Gasteiger partial charge in [-0.15, -0.1) is 0 Å². The molecule has 3 amide bonds. The topological polar surface area (TPSA) is 69.6 Å². The van der Waals surface area contributed by atoms with E-state index in [0.29, 0.717) is 6.42 Å². The third-order valence-electron chi connectivity index (χ3n) is 4.36. The zero-order valence-electron chi connectivity index (χ0n) is 13.0. The van der Waals surface area contributed by atoms with Crippen molar-refractivity contribution >= 4 is 11.9 Å². The maximum atomic E-state index is 13.7. The predicted molar refractivity (Wildman–Crippen MR) is 79.5 cm³/mol. The number of imide groups is 1. The number of aliphatic hydroxyl groups is 1. The fraction of sp³-hybridized carbons (Fsp3) is 0.500. The van der Waals surface area contributed by atoms with E-state index < -0.39 is 23.5 Å². The number of benzene rings is 1. The molecule has 2 unspecified atom stereocenters. The molecule has 1 heterocycles.